The number of rotatable bonds is 13. The van der Waals surface area contributed by atoms with Gasteiger partial charge in [-0.15, -0.1) is 0 Å². The molecule has 0 amide bonds. The number of methoxy groups -OCH3 is 1. The zero-order valence-electron chi connectivity index (χ0n) is 18.0. The lowest BCUT2D eigenvalue weighted by Crippen LogP contribution is -2.41. The first kappa shape index (κ1) is 23.3. The van der Waals surface area contributed by atoms with Crippen molar-refractivity contribution in [2.45, 2.75) is 33.2 Å². The second kappa shape index (κ2) is 11.9. The van der Waals surface area contributed by atoms with E-state index in [0.717, 1.165) is 18.6 Å². The first-order valence-corrected chi connectivity index (χ1v) is 10.2. The average Bonchev–Trinajstić information content (AvgIpc) is 2.72. The van der Waals surface area contributed by atoms with E-state index in [1.807, 2.05) is 38.1 Å². The predicted octanol–water partition coefficient (Wildman–Crippen LogP) is 1.85. The lowest BCUT2D eigenvalue weighted by atomic mass is 10.3. The third-order valence-corrected chi connectivity index (χ3v) is 4.60. The van der Waals surface area contributed by atoms with Crippen LogP contribution >= 0.6 is 0 Å². The van der Waals surface area contributed by atoms with Gasteiger partial charge >= 0.3 is 5.69 Å². The summed E-state index contributed by atoms with van der Waals surface area (Å²) >= 11 is 0. The summed E-state index contributed by atoms with van der Waals surface area (Å²) in [6.45, 7) is 6.56. The van der Waals surface area contributed by atoms with Crippen LogP contribution in [0.4, 0.5) is 11.5 Å². The Bertz CT molecular complexity index is 892. The predicted molar refractivity (Wildman–Crippen MR) is 118 cm³/mol. The standard InChI is InChI=1S/C21H32N4O5/c1-4-6-11-25-19(22)18(20(26)23-21(25)27)24(12-14-28-3)13-15-30-17-9-7-16(8-10-17)29-5-2/h7-10H,4-6,11-15,22H2,1-3H3,(H,23,26,27). The number of anilines is 2. The van der Waals surface area contributed by atoms with E-state index in [1.165, 1.54) is 4.57 Å². The van der Waals surface area contributed by atoms with E-state index >= 15 is 0 Å². The summed E-state index contributed by atoms with van der Waals surface area (Å²) in [6.07, 6.45) is 1.69. The van der Waals surface area contributed by atoms with Crippen LogP contribution in [0.2, 0.25) is 0 Å². The molecule has 0 spiro atoms. The number of aromatic amines is 1. The summed E-state index contributed by atoms with van der Waals surface area (Å²) in [5.41, 5.74) is 5.49. The Kier molecular flexibility index (Phi) is 9.27. The Morgan fingerprint density at radius 3 is 2.27 bits per heavy atom. The summed E-state index contributed by atoms with van der Waals surface area (Å²) < 4.78 is 17.8. The first-order chi connectivity index (χ1) is 14.5. The highest BCUT2D eigenvalue weighted by molar-refractivity contribution is 5.62. The summed E-state index contributed by atoms with van der Waals surface area (Å²) in [4.78, 5) is 28.9. The molecule has 0 saturated carbocycles. The highest BCUT2D eigenvalue weighted by atomic mass is 16.5. The topological polar surface area (TPSA) is 112 Å². The number of nitrogens with one attached hydrogen (secondary N) is 1. The lowest BCUT2D eigenvalue weighted by Gasteiger charge is -2.26. The normalized spacial score (nSPS) is 10.8. The molecule has 0 fully saturated rings. The zero-order chi connectivity index (χ0) is 21.9. The van der Waals surface area contributed by atoms with Crippen LogP contribution in [0.1, 0.15) is 26.7 Å². The van der Waals surface area contributed by atoms with Gasteiger partial charge in [-0.05, 0) is 37.6 Å². The van der Waals surface area contributed by atoms with Crippen molar-refractivity contribution in [3.05, 3.63) is 45.1 Å². The van der Waals surface area contributed by atoms with Crippen molar-refractivity contribution in [2.24, 2.45) is 0 Å². The minimum atomic E-state index is -0.512. The number of hydrogen-bond donors (Lipinski definition) is 2. The fourth-order valence-electron chi connectivity index (χ4n) is 3.03. The molecule has 9 heteroatoms. The second-order valence-corrected chi connectivity index (χ2v) is 6.73. The van der Waals surface area contributed by atoms with Crippen molar-refractivity contribution in [3.8, 4) is 11.5 Å². The van der Waals surface area contributed by atoms with Gasteiger partial charge in [0.2, 0.25) is 0 Å². The molecule has 0 aliphatic carbocycles. The molecule has 0 atom stereocenters. The van der Waals surface area contributed by atoms with Gasteiger partial charge < -0.3 is 24.8 Å². The fraction of sp³-hybridized carbons (Fsp3) is 0.524. The fourth-order valence-corrected chi connectivity index (χ4v) is 3.03. The van der Waals surface area contributed by atoms with E-state index in [-0.39, 0.29) is 11.5 Å². The van der Waals surface area contributed by atoms with Crippen LogP contribution < -0.4 is 31.4 Å². The smallest absolute Gasteiger partial charge is 0.330 e. The third-order valence-electron chi connectivity index (χ3n) is 4.60. The molecule has 1 heterocycles. The molecule has 30 heavy (non-hydrogen) atoms. The SMILES string of the molecule is CCCCn1c(N)c(N(CCOC)CCOc2ccc(OCC)cc2)c(=O)[nH]c1=O. The molecule has 0 bridgehead atoms. The maximum atomic E-state index is 12.5. The maximum absolute atomic E-state index is 12.5. The molecular formula is C21H32N4O5. The number of aromatic nitrogens is 2. The Morgan fingerprint density at radius 1 is 1.03 bits per heavy atom. The van der Waals surface area contributed by atoms with Gasteiger partial charge in [-0.25, -0.2) is 4.79 Å². The van der Waals surface area contributed by atoms with E-state index in [4.69, 9.17) is 19.9 Å². The van der Waals surface area contributed by atoms with E-state index in [9.17, 15) is 9.59 Å². The number of nitrogens with zero attached hydrogens (tertiary/aromatic N) is 2. The van der Waals surface area contributed by atoms with Gasteiger partial charge in [0.05, 0.1) is 19.8 Å². The van der Waals surface area contributed by atoms with Gasteiger partial charge in [-0.3, -0.25) is 14.3 Å². The quantitative estimate of drug-likeness (QED) is 0.509. The minimum Gasteiger partial charge on any atom is -0.494 e. The average molecular weight is 421 g/mol. The second-order valence-electron chi connectivity index (χ2n) is 6.73. The summed E-state index contributed by atoms with van der Waals surface area (Å²) in [6, 6.07) is 7.34. The molecular weight excluding hydrogens is 388 g/mol. The van der Waals surface area contributed by atoms with Crippen molar-refractivity contribution in [1.29, 1.82) is 0 Å². The number of hydrogen-bond acceptors (Lipinski definition) is 7. The van der Waals surface area contributed by atoms with Crippen molar-refractivity contribution in [2.75, 3.05) is 50.7 Å². The monoisotopic (exact) mass is 420 g/mol. The highest BCUT2D eigenvalue weighted by Crippen LogP contribution is 2.19. The van der Waals surface area contributed by atoms with Gasteiger partial charge in [0, 0.05) is 20.2 Å². The molecule has 166 valence electrons. The third kappa shape index (κ3) is 6.28. The number of nitrogens with two attached hydrogens (primary N) is 1. The van der Waals surface area contributed by atoms with Gasteiger partial charge in [-0.2, -0.15) is 0 Å². The lowest BCUT2D eigenvalue weighted by molar-refractivity contribution is 0.203. The number of H-pyrrole nitrogens is 1. The number of ether oxygens (including phenoxy) is 3. The molecule has 0 radical (unpaired) electrons. The van der Waals surface area contributed by atoms with Gasteiger partial charge in [-0.1, -0.05) is 13.3 Å². The molecule has 0 unspecified atom stereocenters. The number of nitrogen functional groups attached to an aromatic ring is 1. The van der Waals surface area contributed by atoms with Crippen LogP contribution in [0.15, 0.2) is 33.9 Å². The van der Waals surface area contributed by atoms with Gasteiger partial charge in [0.15, 0.2) is 0 Å². The van der Waals surface area contributed by atoms with E-state index in [2.05, 4.69) is 4.98 Å². The van der Waals surface area contributed by atoms with Crippen LogP contribution in [-0.4, -0.2) is 49.6 Å². The van der Waals surface area contributed by atoms with Crippen molar-refractivity contribution in [1.82, 2.24) is 9.55 Å². The zero-order valence-corrected chi connectivity index (χ0v) is 18.0. The van der Waals surface area contributed by atoms with Crippen molar-refractivity contribution in [3.63, 3.8) is 0 Å². The molecule has 0 saturated heterocycles. The summed E-state index contributed by atoms with van der Waals surface area (Å²) in [5.74, 6) is 1.63. The van der Waals surface area contributed by atoms with E-state index in [0.29, 0.717) is 45.2 Å². The molecule has 2 rings (SSSR count). The van der Waals surface area contributed by atoms with Gasteiger partial charge in [0.25, 0.3) is 5.56 Å². The van der Waals surface area contributed by atoms with Crippen molar-refractivity contribution >= 4 is 11.5 Å². The molecule has 0 aliphatic rings. The van der Waals surface area contributed by atoms with Crippen LogP contribution in [0, 0.1) is 0 Å². The number of unbranched alkanes of at least 4 members (excludes halogenated alkanes) is 1. The van der Waals surface area contributed by atoms with Crippen molar-refractivity contribution < 1.29 is 14.2 Å². The Hall–Kier alpha value is -2.94. The maximum Gasteiger partial charge on any atom is 0.330 e. The molecule has 0 aliphatic heterocycles. The Balaban J connectivity index is 2.16. The molecule has 1 aromatic heterocycles. The van der Waals surface area contributed by atoms with E-state index in [1.54, 1.807) is 12.0 Å². The minimum absolute atomic E-state index is 0.161. The summed E-state index contributed by atoms with van der Waals surface area (Å²) in [5, 5.41) is 0. The van der Waals surface area contributed by atoms with E-state index < -0.39 is 11.2 Å². The largest absolute Gasteiger partial charge is 0.494 e. The Morgan fingerprint density at radius 2 is 1.67 bits per heavy atom. The van der Waals surface area contributed by atoms with Gasteiger partial charge in [0.1, 0.15) is 29.6 Å². The van der Waals surface area contributed by atoms with Crippen LogP contribution in [-0.2, 0) is 11.3 Å². The number of benzene rings is 1. The van der Waals surface area contributed by atoms with Crippen LogP contribution in [0.25, 0.3) is 0 Å². The highest BCUT2D eigenvalue weighted by Gasteiger charge is 2.18. The molecule has 9 nitrogen and oxygen atoms in total. The summed E-state index contributed by atoms with van der Waals surface area (Å²) in [7, 11) is 1.59. The molecule has 2 aromatic rings. The first-order valence-electron chi connectivity index (χ1n) is 10.2. The molecule has 3 N–H and O–H groups in total. The molecule has 1 aromatic carbocycles. The van der Waals surface area contributed by atoms with Crippen LogP contribution in [0.5, 0.6) is 11.5 Å². The Labute approximate surface area is 176 Å². The van der Waals surface area contributed by atoms with Crippen LogP contribution in [0.3, 0.4) is 0 Å².